The van der Waals surface area contributed by atoms with E-state index in [2.05, 4.69) is 15.3 Å². The first kappa shape index (κ1) is 22.6. The van der Waals surface area contributed by atoms with Gasteiger partial charge in [0.25, 0.3) is 5.91 Å². The fraction of sp³-hybridized carbons (Fsp3) is 0.250. The number of nitriles is 1. The lowest BCUT2D eigenvalue weighted by Crippen LogP contribution is -2.45. The average Bonchev–Trinajstić information content (AvgIpc) is 3.20. The van der Waals surface area contributed by atoms with Gasteiger partial charge >= 0.3 is 5.97 Å². The molecule has 0 saturated heterocycles. The summed E-state index contributed by atoms with van der Waals surface area (Å²) in [6, 6.07) is 15.1. The molecule has 164 valence electrons. The van der Waals surface area contributed by atoms with Gasteiger partial charge in [-0.15, -0.1) is 0 Å². The van der Waals surface area contributed by atoms with E-state index >= 15 is 0 Å². The highest BCUT2D eigenvalue weighted by atomic mass is 16.5. The highest BCUT2D eigenvalue weighted by Gasteiger charge is 2.27. The number of aryl methyl sites for hydroxylation is 1. The molecule has 8 heteroatoms. The number of fused-ring (bicyclic) bond motifs is 1. The maximum Gasteiger partial charge on any atom is 0.329 e. The van der Waals surface area contributed by atoms with Crippen LogP contribution in [0.15, 0.2) is 54.3 Å². The molecule has 0 bridgehead atoms. The number of carbonyl (C=O) groups is 2. The Morgan fingerprint density at radius 3 is 2.50 bits per heavy atom. The van der Waals surface area contributed by atoms with E-state index in [1.54, 1.807) is 44.2 Å². The van der Waals surface area contributed by atoms with Crippen LogP contribution in [0.4, 0.5) is 0 Å². The summed E-state index contributed by atoms with van der Waals surface area (Å²) in [5, 5.41) is 22.5. The van der Waals surface area contributed by atoms with E-state index in [1.165, 1.54) is 0 Å². The van der Waals surface area contributed by atoms with Crippen molar-refractivity contribution in [3.63, 3.8) is 0 Å². The Balaban J connectivity index is 1.71. The van der Waals surface area contributed by atoms with Gasteiger partial charge in [0.15, 0.2) is 11.6 Å². The van der Waals surface area contributed by atoms with E-state index in [-0.39, 0.29) is 17.3 Å². The minimum Gasteiger partial charge on any atom is -0.507 e. The second-order valence-electron chi connectivity index (χ2n) is 7.70. The van der Waals surface area contributed by atoms with E-state index in [1.807, 2.05) is 31.2 Å². The first-order valence-electron chi connectivity index (χ1n) is 10.1. The number of allylic oxidation sites excluding steroid dienone is 1. The highest BCUT2D eigenvalue weighted by Crippen LogP contribution is 2.19. The first-order valence-corrected chi connectivity index (χ1v) is 10.1. The highest BCUT2D eigenvalue weighted by molar-refractivity contribution is 5.97. The molecule has 8 nitrogen and oxygen atoms in total. The van der Waals surface area contributed by atoms with Crippen molar-refractivity contribution in [3.05, 3.63) is 71.2 Å². The first-order chi connectivity index (χ1) is 15.3. The maximum absolute atomic E-state index is 12.6. The predicted octanol–water partition coefficient (Wildman–Crippen LogP) is 3.66. The number of aliphatic hydroxyl groups is 1. The van der Waals surface area contributed by atoms with Crippen LogP contribution in [-0.2, 0) is 9.53 Å². The minimum atomic E-state index is -0.923. The second-order valence-corrected chi connectivity index (χ2v) is 7.70. The number of ether oxygens (including phenoxy) is 1. The number of aromatic nitrogens is 2. The molecular formula is C24H24N4O4. The zero-order valence-corrected chi connectivity index (χ0v) is 18.0. The number of hydrogen-bond acceptors (Lipinski definition) is 6. The summed E-state index contributed by atoms with van der Waals surface area (Å²) in [5.74, 6) is -1.63. The van der Waals surface area contributed by atoms with Crippen molar-refractivity contribution < 1.29 is 19.4 Å². The minimum absolute atomic E-state index is 0.126. The summed E-state index contributed by atoms with van der Waals surface area (Å²) < 4.78 is 5.21. The standard InChI is InChI=1S/C24H24N4O4/c1-14(2)21(28-23(30)16-10-8-15(3)9-11-16)24(31)32-13-20(29)17(12-25)22-26-18-6-4-5-7-19(18)27-22/h4-11,14,21,29H,13H2,1-3H3,(H,26,27)(H,28,30)/b20-17-. The Labute approximate surface area is 185 Å². The van der Waals surface area contributed by atoms with E-state index in [0.29, 0.717) is 16.6 Å². The van der Waals surface area contributed by atoms with Crippen LogP contribution < -0.4 is 5.32 Å². The van der Waals surface area contributed by atoms with Crippen molar-refractivity contribution in [3.8, 4) is 6.07 Å². The number of rotatable bonds is 7. The summed E-state index contributed by atoms with van der Waals surface area (Å²) in [6.45, 7) is 4.93. The Morgan fingerprint density at radius 1 is 1.19 bits per heavy atom. The number of benzene rings is 2. The van der Waals surface area contributed by atoms with Crippen LogP contribution in [-0.4, -0.2) is 39.6 Å². The Hall–Kier alpha value is -4.12. The Morgan fingerprint density at radius 2 is 1.88 bits per heavy atom. The summed E-state index contributed by atoms with van der Waals surface area (Å²) >= 11 is 0. The lowest BCUT2D eigenvalue weighted by molar-refractivity contribution is -0.146. The van der Waals surface area contributed by atoms with Gasteiger partial charge < -0.3 is 20.1 Å². The molecule has 1 heterocycles. The third-order valence-electron chi connectivity index (χ3n) is 4.90. The van der Waals surface area contributed by atoms with Crippen LogP contribution in [0.5, 0.6) is 0 Å². The zero-order chi connectivity index (χ0) is 23.3. The molecule has 0 radical (unpaired) electrons. The van der Waals surface area contributed by atoms with Crippen LogP contribution in [0.3, 0.4) is 0 Å². The molecule has 1 amide bonds. The summed E-state index contributed by atoms with van der Waals surface area (Å²) in [7, 11) is 0. The van der Waals surface area contributed by atoms with Gasteiger partial charge in [-0.3, -0.25) is 4.79 Å². The smallest absolute Gasteiger partial charge is 0.329 e. The number of amides is 1. The van der Waals surface area contributed by atoms with E-state index in [4.69, 9.17) is 4.74 Å². The fourth-order valence-electron chi connectivity index (χ4n) is 3.05. The molecule has 0 aliphatic rings. The number of nitrogens with zero attached hydrogens (tertiary/aromatic N) is 2. The predicted molar refractivity (Wildman–Crippen MR) is 119 cm³/mol. The lowest BCUT2D eigenvalue weighted by Gasteiger charge is -2.21. The molecule has 0 aliphatic heterocycles. The van der Waals surface area contributed by atoms with Crippen LogP contribution in [0.2, 0.25) is 0 Å². The molecule has 3 N–H and O–H groups in total. The second kappa shape index (κ2) is 9.79. The van der Waals surface area contributed by atoms with E-state index < -0.39 is 30.3 Å². The van der Waals surface area contributed by atoms with Gasteiger partial charge in [-0.2, -0.15) is 5.26 Å². The van der Waals surface area contributed by atoms with Crippen LogP contribution >= 0.6 is 0 Å². The van der Waals surface area contributed by atoms with Crippen molar-refractivity contribution in [1.82, 2.24) is 15.3 Å². The summed E-state index contributed by atoms with van der Waals surface area (Å²) in [5.41, 5.74) is 2.66. The lowest BCUT2D eigenvalue weighted by atomic mass is 10.0. The SMILES string of the molecule is Cc1ccc(C(=O)NC(C(=O)OC/C(O)=C(\C#N)c2nc3ccccc3[nH]2)C(C)C)cc1. The molecule has 0 saturated carbocycles. The topological polar surface area (TPSA) is 128 Å². The number of hydrogen-bond donors (Lipinski definition) is 3. The van der Waals surface area contributed by atoms with Crippen LogP contribution in [0, 0.1) is 24.2 Å². The number of carbonyl (C=O) groups excluding carboxylic acids is 2. The molecule has 32 heavy (non-hydrogen) atoms. The number of para-hydroxylation sites is 2. The maximum atomic E-state index is 12.6. The molecule has 3 aromatic rings. The number of aromatic amines is 1. The third kappa shape index (κ3) is 5.13. The van der Waals surface area contributed by atoms with Crippen molar-refractivity contribution >= 4 is 28.5 Å². The fourth-order valence-corrected chi connectivity index (χ4v) is 3.05. The molecular weight excluding hydrogens is 408 g/mol. The quantitative estimate of drug-likeness (QED) is 0.297. The third-order valence-corrected chi connectivity index (χ3v) is 4.90. The van der Waals surface area contributed by atoms with Crippen LogP contribution in [0.1, 0.15) is 35.6 Å². The molecule has 3 rings (SSSR count). The average molecular weight is 432 g/mol. The van der Waals surface area contributed by atoms with Crippen molar-refractivity contribution in [2.24, 2.45) is 5.92 Å². The molecule has 1 aromatic heterocycles. The van der Waals surface area contributed by atoms with Gasteiger partial charge in [-0.25, -0.2) is 9.78 Å². The number of aliphatic hydroxyl groups excluding tert-OH is 1. The number of imidazole rings is 1. The van der Waals surface area contributed by atoms with Gasteiger partial charge in [0.1, 0.15) is 24.3 Å². The Kier molecular flexibility index (Phi) is 6.90. The monoisotopic (exact) mass is 432 g/mol. The molecule has 1 unspecified atom stereocenters. The zero-order valence-electron chi connectivity index (χ0n) is 18.0. The van der Waals surface area contributed by atoms with E-state index in [0.717, 1.165) is 5.56 Å². The van der Waals surface area contributed by atoms with E-state index in [9.17, 15) is 20.0 Å². The Bertz CT molecular complexity index is 1170. The number of nitrogens with one attached hydrogen (secondary N) is 2. The summed E-state index contributed by atoms with van der Waals surface area (Å²) in [6.07, 6.45) is 0. The summed E-state index contributed by atoms with van der Waals surface area (Å²) in [4.78, 5) is 32.4. The molecule has 0 fully saturated rings. The van der Waals surface area contributed by atoms with Crippen molar-refractivity contribution in [1.29, 1.82) is 5.26 Å². The molecule has 0 aliphatic carbocycles. The largest absolute Gasteiger partial charge is 0.507 e. The van der Waals surface area contributed by atoms with Crippen LogP contribution in [0.25, 0.3) is 16.6 Å². The van der Waals surface area contributed by atoms with Crippen molar-refractivity contribution in [2.75, 3.05) is 6.61 Å². The molecule has 2 aromatic carbocycles. The molecule has 1 atom stereocenters. The van der Waals surface area contributed by atoms with Gasteiger partial charge in [0.2, 0.25) is 0 Å². The number of H-pyrrole nitrogens is 1. The van der Waals surface area contributed by atoms with Gasteiger partial charge in [-0.05, 0) is 37.1 Å². The number of esters is 1. The normalized spacial score (nSPS) is 12.7. The van der Waals surface area contributed by atoms with Gasteiger partial charge in [-0.1, -0.05) is 43.7 Å². The van der Waals surface area contributed by atoms with Crippen molar-refractivity contribution in [2.45, 2.75) is 26.8 Å². The molecule has 0 spiro atoms. The van der Waals surface area contributed by atoms with Gasteiger partial charge in [0, 0.05) is 5.56 Å². The van der Waals surface area contributed by atoms with Gasteiger partial charge in [0.05, 0.1) is 11.0 Å².